The minimum atomic E-state index is -0.305. The molecule has 1 saturated heterocycles. The van der Waals surface area contributed by atoms with Gasteiger partial charge >= 0.3 is 0 Å². The zero-order chi connectivity index (χ0) is 24.4. The number of nitrogens with one attached hydrogen (secondary N) is 2. The van der Waals surface area contributed by atoms with Gasteiger partial charge in [0.15, 0.2) is 0 Å². The highest BCUT2D eigenvalue weighted by Crippen LogP contribution is 2.29. The summed E-state index contributed by atoms with van der Waals surface area (Å²) in [7, 11) is 0. The number of hydrogen-bond donors (Lipinski definition) is 2. The van der Waals surface area contributed by atoms with Crippen LogP contribution in [0.4, 0.5) is 5.69 Å². The maximum absolute atomic E-state index is 13.4. The standard InChI is InChI=1S/C29H35N3O3/c1-20-7-5-8-21(15-20)18-32-25-12-11-24(31-27(33)22-9-3-4-10-22)16-23(25)17-26(32)28(34)30-19-29(2)13-6-14-35-29/h5,7-8,11-12,15-17,22H,3-4,6,9-10,13-14,18-19H2,1-2H3,(H,30,34)(H,31,33)/t29-/m0/s1. The number of anilines is 1. The van der Waals surface area contributed by atoms with E-state index in [0.29, 0.717) is 18.8 Å². The number of nitrogens with zero attached hydrogens (tertiary/aromatic N) is 1. The third-order valence-corrected chi connectivity index (χ3v) is 7.47. The molecule has 2 N–H and O–H groups in total. The predicted molar refractivity (Wildman–Crippen MR) is 139 cm³/mol. The summed E-state index contributed by atoms with van der Waals surface area (Å²) in [5.74, 6) is 0.100. The number of fused-ring (bicyclic) bond motifs is 1. The molecular weight excluding hydrogens is 438 g/mol. The first-order valence-electron chi connectivity index (χ1n) is 12.8. The lowest BCUT2D eigenvalue weighted by Gasteiger charge is -2.23. The van der Waals surface area contributed by atoms with Crippen molar-refractivity contribution in [2.24, 2.45) is 5.92 Å². The van der Waals surface area contributed by atoms with Crippen LogP contribution in [0.25, 0.3) is 10.9 Å². The molecule has 0 spiro atoms. The van der Waals surface area contributed by atoms with Gasteiger partial charge in [-0.05, 0) is 69.4 Å². The van der Waals surface area contributed by atoms with Gasteiger partial charge in [0.25, 0.3) is 5.91 Å². The van der Waals surface area contributed by atoms with Crippen molar-refractivity contribution >= 4 is 28.4 Å². The van der Waals surface area contributed by atoms with Crippen molar-refractivity contribution in [1.29, 1.82) is 0 Å². The average molecular weight is 474 g/mol. The lowest BCUT2D eigenvalue weighted by molar-refractivity contribution is -0.119. The molecule has 2 amide bonds. The molecule has 0 unspecified atom stereocenters. The Labute approximate surface area is 207 Å². The molecule has 1 aromatic heterocycles. The van der Waals surface area contributed by atoms with E-state index in [9.17, 15) is 9.59 Å². The fraction of sp³-hybridized carbons (Fsp3) is 0.448. The molecule has 2 aromatic carbocycles. The molecule has 6 nitrogen and oxygen atoms in total. The Morgan fingerprint density at radius 1 is 1.09 bits per heavy atom. The second kappa shape index (κ2) is 9.86. The highest BCUT2D eigenvalue weighted by molar-refractivity contribution is 6.01. The first-order valence-corrected chi connectivity index (χ1v) is 12.8. The van der Waals surface area contributed by atoms with E-state index >= 15 is 0 Å². The third kappa shape index (κ3) is 5.27. The monoisotopic (exact) mass is 473 g/mol. The molecule has 2 fully saturated rings. The average Bonchev–Trinajstić information content (AvgIpc) is 3.59. The van der Waals surface area contributed by atoms with Crippen molar-refractivity contribution in [3.8, 4) is 0 Å². The van der Waals surface area contributed by atoms with Gasteiger partial charge in [0.2, 0.25) is 5.91 Å². The summed E-state index contributed by atoms with van der Waals surface area (Å²) in [6.07, 6.45) is 6.16. The molecule has 184 valence electrons. The maximum Gasteiger partial charge on any atom is 0.268 e. The van der Waals surface area contributed by atoms with Crippen LogP contribution in [-0.4, -0.2) is 35.1 Å². The predicted octanol–water partition coefficient (Wildman–Crippen LogP) is 5.43. The number of hydrogen-bond acceptors (Lipinski definition) is 3. The summed E-state index contributed by atoms with van der Waals surface area (Å²) < 4.78 is 7.93. The highest BCUT2D eigenvalue weighted by atomic mass is 16.5. The van der Waals surface area contributed by atoms with E-state index in [-0.39, 0.29) is 23.3 Å². The largest absolute Gasteiger partial charge is 0.373 e. The SMILES string of the molecule is Cc1cccc(Cn2c(C(=O)NC[C@]3(C)CCCO3)cc3cc(NC(=O)C4CCCC4)ccc32)c1. The molecule has 0 bridgehead atoms. The highest BCUT2D eigenvalue weighted by Gasteiger charge is 2.30. The second-order valence-corrected chi connectivity index (χ2v) is 10.4. The van der Waals surface area contributed by atoms with Gasteiger partial charge in [-0.1, -0.05) is 42.7 Å². The van der Waals surface area contributed by atoms with Gasteiger partial charge in [0.05, 0.1) is 5.60 Å². The normalized spacial score (nSPS) is 20.4. The lowest BCUT2D eigenvalue weighted by atomic mass is 10.0. The van der Waals surface area contributed by atoms with E-state index in [1.165, 1.54) is 5.56 Å². The van der Waals surface area contributed by atoms with Crippen LogP contribution in [0.15, 0.2) is 48.5 Å². The number of rotatable bonds is 7. The molecule has 6 heteroatoms. The van der Waals surface area contributed by atoms with Crippen LogP contribution in [0.3, 0.4) is 0 Å². The minimum Gasteiger partial charge on any atom is -0.373 e. The smallest absolute Gasteiger partial charge is 0.268 e. The van der Waals surface area contributed by atoms with Crippen molar-refractivity contribution in [1.82, 2.24) is 9.88 Å². The van der Waals surface area contributed by atoms with Crippen LogP contribution in [0, 0.1) is 12.8 Å². The molecule has 35 heavy (non-hydrogen) atoms. The van der Waals surface area contributed by atoms with E-state index in [4.69, 9.17) is 4.74 Å². The van der Waals surface area contributed by atoms with E-state index in [0.717, 1.165) is 67.3 Å². The molecule has 0 radical (unpaired) electrons. The van der Waals surface area contributed by atoms with Crippen molar-refractivity contribution in [2.75, 3.05) is 18.5 Å². The van der Waals surface area contributed by atoms with E-state index in [1.54, 1.807) is 0 Å². The van der Waals surface area contributed by atoms with Crippen molar-refractivity contribution in [3.63, 3.8) is 0 Å². The first-order chi connectivity index (χ1) is 16.9. The maximum atomic E-state index is 13.4. The Morgan fingerprint density at radius 3 is 2.66 bits per heavy atom. The second-order valence-electron chi connectivity index (χ2n) is 10.4. The molecule has 2 heterocycles. The Kier molecular flexibility index (Phi) is 6.65. The van der Waals surface area contributed by atoms with Crippen molar-refractivity contribution in [3.05, 3.63) is 65.4 Å². The lowest BCUT2D eigenvalue weighted by Crippen LogP contribution is -2.40. The summed E-state index contributed by atoms with van der Waals surface area (Å²) in [6.45, 7) is 5.96. The number of ether oxygens (including phenoxy) is 1. The van der Waals surface area contributed by atoms with Gasteiger partial charge in [0.1, 0.15) is 5.69 Å². The zero-order valence-electron chi connectivity index (χ0n) is 20.7. The van der Waals surface area contributed by atoms with E-state index in [2.05, 4.69) is 47.2 Å². The van der Waals surface area contributed by atoms with Gasteiger partial charge in [-0.15, -0.1) is 0 Å². The molecule has 1 atom stereocenters. The third-order valence-electron chi connectivity index (χ3n) is 7.47. The van der Waals surface area contributed by atoms with Crippen LogP contribution in [-0.2, 0) is 16.1 Å². The van der Waals surface area contributed by atoms with Crippen LogP contribution < -0.4 is 10.6 Å². The molecular formula is C29H35N3O3. The minimum absolute atomic E-state index is 0.101. The van der Waals surface area contributed by atoms with Crippen molar-refractivity contribution in [2.45, 2.75) is 64.5 Å². The number of carbonyl (C=O) groups excluding carboxylic acids is 2. The van der Waals surface area contributed by atoms with Gasteiger partial charge in [0, 0.05) is 42.2 Å². The molecule has 1 aliphatic heterocycles. The summed E-state index contributed by atoms with van der Waals surface area (Å²) in [6, 6.07) is 16.2. The molecule has 3 aromatic rings. The molecule has 5 rings (SSSR count). The molecule has 2 aliphatic rings. The number of amides is 2. The van der Waals surface area contributed by atoms with Gasteiger partial charge in [-0.3, -0.25) is 9.59 Å². The number of carbonyl (C=O) groups is 2. The zero-order valence-corrected chi connectivity index (χ0v) is 20.7. The topological polar surface area (TPSA) is 72.4 Å². The Bertz CT molecular complexity index is 1230. The fourth-order valence-corrected chi connectivity index (χ4v) is 5.47. The van der Waals surface area contributed by atoms with Gasteiger partial charge in [-0.2, -0.15) is 0 Å². The van der Waals surface area contributed by atoms with Crippen LogP contribution in [0.1, 0.15) is 67.1 Å². The van der Waals surface area contributed by atoms with Gasteiger partial charge < -0.3 is 19.9 Å². The summed E-state index contributed by atoms with van der Waals surface area (Å²) in [5, 5.41) is 7.14. The first kappa shape index (κ1) is 23.6. The van der Waals surface area contributed by atoms with Gasteiger partial charge in [-0.25, -0.2) is 0 Å². The van der Waals surface area contributed by atoms with Crippen molar-refractivity contribution < 1.29 is 14.3 Å². The van der Waals surface area contributed by atoms with E-state index < -0.39 is 0 Å². The van der Waals surface area contributed by atoms with Crippen LogP contribution in [0.2, 0.25) is 0 Å². The fourth-order valence-electron chi connectivity index (χ4n) is 5.47. The summed E-state index contributed by atoms with van der Waals surface area (Å²) >= 11 is 0. The Balaban J connectivity index is 1.44. The number of aromatic nitrogens is 1. The number of aryl methyl sites for hydroxylation is 1. The van der Waals surface area contributed by atoms with Crippen LogP contribution in [0.5, 0.6) is 0 Å². The van der Waals surface area contributed by atoms with E-state index in [1.807, 2.05) is 30.3 Å². The Hall–Kier alpha value is -3.12. The van der Waals surface area contributed by atoms with Crippen LogP contribution >= 0.6 is 0 Å². The Morgan fingerprint density at radius 2 is 1.91 bits per heavy atom. The summed E-state index contributed by atoms with van der Waals surface area (Å²) in [4.78, 5) is 26.0. The molecule has 1 saturated carbocycles. The summed E-state index contributed by atoms with van der Waals surface area (Å²) in [5.41, 5.74) is 4.39. The molecule has 1 aliphatic carbocycles. The quantitative estimate of drug-likeness (QED) is 0.481. The number of benzene rings is 2.